The van der Waals surface area contributed by atoms with Crippen LogP contribution in [0.3, 0.4) is 0 Å². The van der Waals surface area contributed by atoms with Gasteiger partial charge in [-0.3, -0.25) is 4.79 Å². The minimum Gasteiger partial charge on any atom is -0.354 e. The summed E-state index contributed by atoms with van der Waals surface area (Å²) in [5.74, 6) is 1.56. The summed E-state index contributed by atoms with van der Waals surface area (Å²) in [7, 11) is 0. The highest BCUT2D eigenvalue weighted by atomic mass is 16.1. The zero-order valence-electron chi connectivity index (χ0n) is 10.2. The Kier molecular flexibility index (Phi) is 4.14. The van der Waals surface area contributed by atoms with Crippen molar-refractivity contribution in [3.8, 4) is 0 Å². The third kappa shape index (κ3) is 5.17. The molecule has 88 valence electrons. The van der Waals surface area contributed by atoms with Gasteiger partial charge >= 0.3 is 0 Å². The van der Waals surface area contributed by atoms with Gasteiger partial charge in [0.25, 0.3) is 0 Å². The van der Waals surface area contributed by atoms with Crippen molar-refractivity contribution in [3.05, 3.63) is 0 Å². The van der Waals surface area contributed by atoms with E-state index in [2.05, 4.69) is 12.2 Å². The average Bonchev–Trinajstić information content (AvgIpc) is 2.47. The van der Waals surface area contributed by atoms with E-state index in [0.717, 1.165) is 5.92 Å². The summed E-state index contributed by atoms with van der Waals surface area (Å²) in [4.78, 5) is 11.6. The predicted octanol–water partition coefficient (Wildman–Crippen LogP) is 1.67. The van der Waals surface area contributed by atoms with Crippen molar-refractivity contribution in [1.29, 1.82) is 0 Å². The molecule has 0 aromatic rings. The fourth-order valence-corrected chi connectivity index (χ4v) is 2.17. The van der Waals surface area contributed by atoms with E-state index in [0.29, 0.717) is 18.9 Å². The Hall–Kier alpha value is -0.570. The van der Waals surface area contributed by atoms with Crippen LogP contribution in [0.25, 0.3) is 0 Å². The lowest BCUT2D eigenvalue weighted by molar-refractivity contribution is -0.122. The minimum absolute atomic E-state index is 0.160. The molecule has 3 heteroatoms. The fourth-order valence-electron chi connectivity index (χ4n) is 2.17. The SMILES string of the molecule is CC1CCC(CC(=O)NCC(C)(C)N)C1. The van der Waals surface area contributed by atoms with Gasteiger partial charge in [0.1, 0.15) is 0 Å². The summed E-state index contributed by atoms with van der Waals surface area (Å²) in [5, 5.41) is 2.90. The highest BCUT2D eigenvalue weighted by molar-refractivity contribution is 5.76. The molecule has 1 saturated carbocycles. The van der Waals surface area contributed by atoms with E-state index in [-0.39, 0.29) is 11.4 Å². The van der Waals surface area contributed by atoms with Crippen LogP contribution in [0.1, 0.15) is 46.5 Å². The molecule has 2 atom stereocenters. The molecule has 3 nitrogen and oxygen atoms in total. The number of carbonyl (C=O) groups excluding carboxylic acids is 1. The number of rotatable bonds is 4. The Morgan fingerprint density at radius 1 is 1.47 bits per heavy atom. The number of carbonyl (C=O) groups is 1. The maximum atomic E-state index is 11.6. The maximum Gasteiger partial charge on any atom is 0.220 e. The van der Waals surface area contributed by atoms with Crippen molar-refractivity contribution in [2.75, 3.05) is 6.54 Å². The standard InChI is InChI=1S/C12H24N2O/c1-9-4-5-10(6-9)7-11(15)14-8-12(2,3)13/h9-10H,4-8,13H2,1-3H3,(H,14,15). The molecule has 0 aromatic carbocycles. The summed E-state index contributed by atoms with van der Waals surface area (Å²) in [6, 6.07) is 0. The first-order valence-corrected chi connectivity index (χ1v) is 5.92. The highest BCUT2D eigenvalue weighted by Crippen LogP contribution is 2.32. The molecule has 0 bridgehead atoms. The number of amides is 1. The lowest BCUT2D eigenvalue weighted by Crippen LogP contribution is -2.45. The molecule has 0 aliphatic heterocycles. The Morgan fingerprint density at radius 3 is 2.60 bits per heavy atom. The summed E-state index contributed by atoms with van der Waals surface area (Å²) in [5.41, 5.74) is 5.49. The molecule has 1 fully saturated rings. The Balaban J connectivity index is 2.19. The number of hydrogen-bond acceptors (Lipinski definition) is 2. The second kappa shape index (κ2) is 4.97. The van der Waals surface area contributed by atoms with Gasteiger partial charge in [-0.25, -0.2) is 0 Å². The first kappa shape index (κ1) is 12.5. The zero-order valence-corrected chi connectivity index (χ0v) is 10.2. The summed E-state index contributed by atoms with van der Waals surface area (Å²) in [6.07, 6.45) is 4.38. The van der Waals surface area contributed by atoms with Gasteiger partial charge in [-0.05, 0) is 38.5 Å². The molecule has 0 heterocycles. The largest absolute Gasteiger partial charge is 0.354 e. The predicted molar refractivity (Wildman–Crippen MR) is 62.4 cm³/mol. The van der Waals surface area contributed by atoms with E-state index in [4.69, 9.17) is 5.73 Å². The Labute approximate surface area is 92.8 Å². The van der Waals surface area contributed by atoms with Crippen LogP contribution in [-0.4, -0.2) is 18.0 Å². The molecular weight excluding hydrogens is 188 g/mol. The van der Waals surface area contributed by atoms with Gasteiger partial charge in [0.15, 0.2) is 0 Å². The molecule has 0 spiro atoms. The molecule has 3 N–H and O–H groups in total. The van der Waals surface area contributed by atoms with Gasteiger partial charge in [0, 0.05) is 18.5 Å². The van der Waals surface area contributed by atoms with E-state index in [9.17, 15) is 4.79 Å². The number of nitrogens with one attached hydrogen (secondary N) is 1. The van der Waals surface area contributed by atoms with Crippen LogP contribution in [0.2, 0.25) is 0 Å². The van der Waals surface area contributed by atoms with Gasteiger partial charge in [0.2, 0.25) is 5.91 Å². The zero-order chi connectivity index (χ0) is 11.5. The molecule has 0 radical (unpaired) electrons. The molecule has 0 saturated heterocycles. The maximum absolute atomic E-state index is 11.6. The third-order valence-corrected chi connectivity index (χ3v) is 3.02. The second-order valence-corrected chi connectivity index (χ2v) is 5.75. The average molecular weight is 212 g/mol. The summed E-state index contributed by atoms with van der Waals surface area (Å²) >= 11 is 0. The van der Waals surface area contributed by atoms with Crippen molar-refractivity contribution in [3.63, 3.8) is 0 Å². The fraction of sp³-hybridized carbons (Fsp3) is 0.917. The van der Waals surface area contributed by atoms with E-state index in [1.807, 2.05) is 13.8 Å². The molecule has 1 aliphatic carbocycles. The molecule has 15 heavy (non-hydrogen) atoms. The smallest absolute Gasteiger partial charge is 0.220 e. The van der Waals surface area contributed by atoms with E-state index < -0.39 is 0 Å². The third-order valence-electron chi connectivity index (χ3n) is 3.02. The molecule has 0 aromatic heterocycles. The van der Waals surface area contributed by atoms with Crippen molar-refractivity contribution in [2.45, 2.75) is 52.0 Å². The van der Waals surface area contributed by atoms with Crippen molar-refractivity contribution in [2.24, 2.45) is 17.6 Å². The van der Waals surface area contributed by atoms with Crippen molar-refractivity contribution in [1.82, 2.24) is 5.32 Å². The lowest BCUT2D eigenvalue weighted by atomic mass is 10.0. The van der Waals surface area contributed by atoms with Gasteiger partial charge in [-0.2, -0.15) is 0 Å². The summed E-state index contributed by atoms with van der Waals surface area (Å²) in [6.45, 7) is 6.67. The van der Waals surface area contributed by atoms with E-state index >= 15 is 0 Å². The lowest BCUT2D eigenvalue weighted by Gasteiger charge is -2.19. The van der Waals surface area contributed by atoms with Crippen LogP contribution < -0.4 is 11.1 Å². The van der Waals surface area contributed by atoms with Gasteiger partial charge < -0.3 is 11.1 Å². The van der Waals surface area contributed by atoms with Gasteiger partial charge in [-0.1, -0.05) is 13.3 Å². The number of hydrogen-bond donors (Lipinski definition) is 2. The Morgan fingerprint density at radius 2 is 2.13 bits per heavy atom. The quantitative estimate of drug-likeness (QED) is 0.744. The number of nitrogens with two attached hydrogens (primary N) is 1. The van der Waals surface area contributed by atoms with Crippen LogP contribution >= 0.6 is 0 Å². The molecule has 2 unspecified atom stereocenters. The van der Waals surface area contributed by atoms with Crippen molar-refractivity contribution < 1.29 is 4.79 Å². The molecule has 1 rings (SSSR count). The normalized spacial score (nSPS) is 26.7. The highest BCUT2D eigenvalue weighted by Gasteiger charge is 2.23. The van der Waals surface area contributed by atoms with Crippen LogP contribution in [0.5, 0.6) is 0 Å². The van der Waals surface area contributed by atoms with Crippen LogP contribution in [0, 0.1) is 11.8 Å². The van der Waals surface area contributed by atoms with E-state index in [1.54, 1.807) is 0 Å². The first-order valence-electron chi connectivity index (χ1n) is 5.92. The molecular formula is C12H24N2O. The first-order chi connectivity index (χ1) is 6.87. The monoisotopic (exact) mass is 212 g/mol. The Bertz CT molecular complexity index is 220. The van der Waals surface area contributed by atoms with Crippen LogP contribution in [0.4, 0.5) is 0 Å². The summed E-state index contributed by atoms with van der Waals surface area (Å²) < 4.78 is 0. The topological polar surface area (TPSA) is 55.1 Å². The minimum atomic E-state index is -0.307. The van der Waals surface area contributed by atoms with Crippen molar-refractivity contribution >= 4 is 5.91 Å². The van der Waals surface area contributed by atoms with Crippen LogP contribution in [0.15, 0.2) is 0 Å². The van der Waals surface area contributed by atoms with E-state index in [1.165, 1.54) is 19.3 Å². The molecule has 1 aliphatic rings. The van der Waals surface area contributed by atoms with Crippen LogP contribution in [-0.2, 0) is 4.79 Å². The van der Waals surface area contributed by atoms with Gasteiger partial charge in [0.05, 0.1) is 0 Å². The molecule has 1 amide bonds. The van der Waals surface area contributed by atoms with Gasteiger partial charge in [-0.15, -0.1) is 0 Å². The second-order valence-electron chi connectivity index (χ2n) is 5.75.